The van der Waals surface area contributed by atoms with E-state index in [1.807, 2.05) is 12.4 Å². The molecule has 0 saturated carbocycles. The molecule has 0 aliphatic carbocycles. The van der Waals surface area contributed by atoms with Crippen LogP contribution in [0, 0.1) is 11.3 Å². The average molecular weight is 980 g/mol. The van der Waals surface area contributed by atoms with Crippen molar-refractivity contribution in [2.24, 2.45) is 0 Å². The third-order valence-electron chi connectivity index (χ3n) is 15.6. The second kappa shape index (κ2) is 17.8. The van der Waals surface area contributed by atoms with Gasteiger partial charge in [0.05, 0.1) is 50.0 Å². The summed E-state index contributed by atoms with van der Waals surface area (Å²) >= 11 is 0. The second-order valence-electron chi connectivity index (χ2n) is 19.9. The topological polar surface area (TPSA) is 51.5 Å². The van der Waals surface area contributed by atoms with Crippen LogP contribution in [0.4, 0.5) is 0 Å². The Balaban J connectivity index is 1.01. The fourth-order valence-corrected chi connectivity index (χ4v) is 12.0. The maximum absolute atomic E-state index is 11.6. The van der Waals surface area contributed by atoms with Gasteiger partial charge in [-0.25, -0.2) is 0 Å². The summed E-state index contributed by atoms with van der Waals surface area (Å²) in [5, 5.41) is 18.4. The molecule has 0 fully saturated rings. The Morgan fingerprint density at radius 1 is 0.286 bits per heavy atom. The lowest BCUT2D eigenvalue weighted by atomic mass is 9.98. The number of pyridine rings is 1. The Labute approximate surface area is 444 Å². The highest BCUT2D eigenvalue weighted by molar-refractivity contribution is 6.14. The summed E-state index contributed by atoms with van der Waals surface area (Å²) in [6, 6.07) is 96.2. The van der Waals surface area contributed by atoms with Crippen LogP contribution in [0.2, 0.25) is 0 Å². The lowest BCUT2D eigenvalue weighted by Gasteiger charge is -2.19. The molecule has 11 aromatic carbocycles. The lowest BCUT2D eigenvalue weighted by molar-refractivity contribution is 1.13. The van der Waals surface area contributed by atoms with Gasteiger partial charge >= 0.3 is 0 Å². The van der Waals surface area contributed by atoms with E-state index in [2.05, 4.69) is 286 Å². The molecule has 0 N–H and O–H groups in total. The summed E-state index contributed by atoms with van der Waals surface area (Å²) in [5.41, 5.74) is 20.9. The van der Waals surface area contributed by atoms with Crippen LogP contribution in [-0.4, -0.2) is 18.7 Å². The molecule has 77 heavy (non-hydrogen) atoms. The summed E-state index contributed by atoms with van der Waals surface area (Å²) in [5.74, 6) is 0. The predicted molar refractivity (Wildman–Crippen MR) is 319 cm³/mol. The van der Waals surface area contributed by atoms with Crippen LogP contribution in [0.3, 0.4) is 0 Å². The third-order valence-corrected chi connectivity index (χ3v) is 15.6. The summed E-state index contributed by atoms with van der Waals surface area (Å²) in [6.45, 7) is 0. The van der Waals surface area contributed by atoms with Gasteiger partial charge in [-0.05, 0) is 135 Å². The van der Waals surface area contributed by atoms with E-state index in [0.717, 1.165) is 138 Å². The Hall–Kier alpha value is -10.5. The molecule has 4 aromatic heterocycles. The van der Waals surface area contributed by atoms with E-state index in [1.165, 1.54) is 0 Å². The van der Waals surface area contributed by atoms with Crippen molar-refractivity contribution in [3.63, 3.8) is 0 Å². The van der Waals surface area contributed by atoms with E-state index in [9.17, 15) is 5.26 Å². The first-order valence-electron chi connectivity index (χ1n) is 26.1. The first kappa shape index (κ1) is 44.0. The van der Waals surface area contributed by atoms with Crippen LogP contribution in [0.25, 0.3) is 138 Å². The quantitative estimate of drug-likeness (QED) is 0.152. The van der Waals surface area contributed by atoms with Crippen LogP contribution >= 0.6 is 0 Å². The average Bonchev–Trinajstić information content (AvgIpc) is 4.21. The third kappa shape index (κ3) is 7.19. The molecule has 0 aliphatic rings. The SMILES string of the molecule is N#Cc1cc(-n2c3ccc(-c4ccccc4)cc3c3cc(-c4ccccc4)ccc32)c(-c2ccc(-n3c4ccccc4c4cnccc43)cc2)cc1-n1c2ccc(-c3ccccc3)cc2c2cc(-c3ccccc3)ccc21. The number of rotatable bonds is 8. The highest BCUT2D eigenvalue weighted by Gasteiger charge is 2.24. The molecule has 15 aromatic rings. The molecular formula is C72H45N5. The van der Waals surface area contributed by atoms with Gasteiger partial charge in [-0.2, -0.15) is 5.26 Å². The van der Waals surface area contributed by atoms with Crippen LogP contribution in [0.5, 0.6) is 0 Å². The smallest absolute Gasteiger partial charge is 0.101 e. The van der Waals surface area contributed by atoms with Crippen LogP contribution in [0.1, 0.15) is 5.56 Å². The van der Waals surface area contributed by atoms with Crippen molar-refractivity contribution in [2.45, 2.75) is 0 Å². The Morgan fingerprint density at radius 3 is 1.13 bits per heavy atom. The second-order valence-corrected chi connectivity index (χ2v) is 19.9. The molecule has 0 spiro atoms. The standard InChI is InChI=1S/C72H45N5/c73-45-56-43-72(77-68-35-29-54(49-19-9-3-10-20-49)41-62(68)63-42-55(30-36-69(63)77)50-21-11-4-12-22-50)59(51-25-31-57(32-26-51)75-65-24-14-13-23-58(65)64-46-74-38-37-70(64)75)44-71(56)76-66-33-27-52(47-15-5-1-6-16-47)39-60(66)61-40-53(28-34-67(61)76)48-17-7-2-8-18-48/h1-44,46H. The maximum Gasteiger partial charge on any atom is 0.101 e. The van der Waals surface area contributed by atoms with Gasteiger partial charge in [-0.15, -0.1) is 0 Å². The van der Waals surface area contributed by atoms with Crippen molar-refractivity contribution in [1.82, 2.24) is 18.7 Å². The van der Waals surface area contributed by atoms with Crippen molar-refractivity contribution < 1.29 is 0 Å². The largest absolute Gasteiger partial charge is 0.309 e. The first-order valence-corrected chi connectivity index (χ1v) is 26.1. The van der Waals surface area contributed by atoms with Gasteiger partial charge in [0.2, 0.25) is 0 Å². The number of para-hydroxylation sites is 1. The van der Waals surface area contributed by atoms with E-state index in [0.29, 0.717) is 5.56 Å². The van der Waals surface area contributed by atoms with Crippen molar-refractivity contribution in [3.8, 4) is 78.8 Å². The molecule has 0 radical (unpaired) electrons. The lowest BCUT2D eigenvalue weighted by Crippen LogP contribution is -2.04. The zero-order valence-electron chi connectivity index (χ0n) is 41.7. The molecule has 0 aliphatic heterocycles. The van der Waals surface area contributed by atoms with Crippen LogP contribution in [-0.2, 0) is 0 Å². The van der Waals surface area contributed by atoms with Gasteiger partial charge in [-0.1, -0.05) is 176 Å². The van der Waals surface area contributed by atoms with Crippen molar-refractivity contribution in [1.29, 1.82) is 5.26 Å². The fraction of sp³-hybridized carbons (Fsp3) is 0. The number of nitrogens with zero attached hydrogens (tertiary/aromatic N) is 5. The minimum atomic E-state index is 0.564. The van der Waals surface area contributed by atoms with E-state index in [1.54, 1.807) is 0 Å². The normalized spacial score (nSPS) is 11.6. The number of aromatic nitrogens is 4. The Morgan fingerprint density at radius 2 is 0.675 bits per heavy atom. The van der Waals surface area contributed by atoms with Gasteiger partial charge < -0.3 is 13.7 Å². The highest BCUT2D eigenvalue weighted by Crippen LogP contribution is 2.44. The minimum absolute atomic E-state index is 0.564. The molecule has 0 bridgehead atoms. The molecule has 15 rings (SSSR count). The number of hydrogen-bond acceptors (Lipinski definition) is 2. The molecule has 4 heterocycles. The molecule has 358 valence electrons. The van der Waals surface area contributed by atoms with Crippen molar-refractivity contribution in [2.75, 3.05) is 0 Å². The maximum atomic E-state index is 11.6. The van der Waals surface area contributed by atoms with E-state index >= 15 is 0 Å². The molecule has 0 atom stereocenters. The molecule has 0 amide bonds. The monoisotopic (exact) mass is 979 g/mol. The summed E-state index contributed by atoms with van der Waals surface area (Å²) < 4.78 is 7.02. The molecule has 0 saturated heterocycles. The van der Waals surface area contributed by atoms with Gasteiger partial charge in [0.25, 0.3) is 0 Å². The molecule has 5 nitrogen and oxygen atoms in total. The highest BCUT2D eigenvalue weighted by atomic mass is 15.0. The van der Waals surface area contributed by atoms with Gasteiger partial charge in [0.15, 0.2) is 0 Å². The summed E-state index contributed by atoms with van der Waals surface area (Å²) in [7, 11) is 0. The molecule has 0 unspecified atom stereocenters. The Kier molecular flexibility index (Phi) is 10.2. The van der Waals surface area contributed by atoms with Crippen molar-refractivity contribution >= 4 is 65.4 Å². The van der Waals surface area contributed by atoms with E-state index in [-0.39, 0.29) is 0 Å². The van der Waals surface area contributed by atoms with Gasteiger partial charge in [-0.3, -0.25) is 4.98 Å². The van der Waals surface area contributed by atoms with Gasteiger partial charge in [0.1, 0.15) is 6.07 Å². The first-order chi connectivity index (χ1) is 38.1. The van der Waals surface area contributed by atoms with Gasteiger partial charge in [0, 0.05) is 56.0 Å². The van der Waals surface area contributed by atoms with E-state index < -0.39 is 0 Å². The fourth-order valence-electron chi connectivity index (χ4n) is 12.0. The number of fused-ring (bicyclic) bond motifs is 9. The zero-order chi connectivity index (χ0) is 51.0. The van der Waals surface area contributed by atoms with Crippen molar-refractivity contribution in [3.05, 3.63) is 279 Å². The molecular weight excluding hydrogens is 935 g/mol. The zero-order valence-corrected chi connectivity index (χ0v) is 41.7. The number of benzene rings is 11. The number of nitriles is 1. The van der Waals surface area contributed by atoms with Crippen LogP contribution < -0.4 is 0 Å². The van der Waals surface area contributed by atoms with E-state index in [4.69, 9.17) is 0 Å². The summed E-state index contributed by atoms with van der Waals surface area (Å²) in [6.07, 6.45) is 3.83. The Bertz CT molecular complexity index is 4580. The summed E-state index contributed by atoms with van der Waals surface area (Å²) in [4.78, 5) is 4.52. The number of hydrogen-bond donors (Lipinski definition) is 0. The molecule has 5 heteroatoms. The predicted octanol–water partition coefficient (Wildman–Crippen LogP) is 18.6. The minimum Gasteiger partial charge on any atom is -0.309 e. The van der Waals surface area contributed by atoms with Crippen LogP contribution in [0.15, 0.2) is 273 Å².